The summed E-state index contributed by atoms with van der Waals surface area (Å²) in [4.78, 5) is 23.4. The number of benzene rings is 2. The van der Waals surface area contributed by atoms with E-state index < -0.39 is 23.6 Å². The lowest BCUT2D eigenvalue weighted by Gasteiger charge is -2.34. The zero-order chi connectivity index (χ0) is 21.6. The van der Waals surface area contributed by atoms with E-state index in [-0.39, 0.29) is 18.1 Å². The number of morpholine rings is 1. The van der Waals surface area contributed by atoms with Crippen LogP contribution in [0.2, 0.25) is 0 Å². The highest BCUT2D eigenvalue weighted by Gasteiger charge is 2.30. The van der Waals surface area contributed by atoms with Gasteiger partial charge in [-0.25, -0.2) is 4.98 Å². The Hall–Kier alpha value is -3.49. The molecular weight excluding hydrogens is 396 g/mol. The van der Waals surface area contributed by atoms with E-state index in [0.29, 0.717) is 26.3 Å². The molecule has 1 saturated heterocycles. The molecule has 1 aromatic heterocycles. The lowest BCUT2D eigenvalue weighted by atomic mass is 10.0. The number of aromatic hydroxyl groups is 2. The van der Waals surface area contributed by atoms with Crippen molar-refractivity contribution in [1.29, 1.82) is 0 Å². The molecule has 8 heteroatoms. The molecule has 4 rings (SSSR count). The molecule has 3 aromatic rings. The molecule has 0 radical (unpaired) electrons. The molecule has 160 valence electrons. The molecular formula is C23H24N4O4. The summed E-state index contributed by atoms with van der Waals surface area (Å²) >= 11 is 0. The summed E-state index contributed by atoms with van der Waals surface area (Å²) in [6.45, 7) is 2.71. The number of aromatic nitrogens is 2. The Kier molecular flexibility index (Phi) is 6.40. The smallest absolute Gasteiger partial charge is 0.274 e. The number of carbonyl (C=O) groups is 1. The predicted octanol–water partition coefficient (Wildman–Crippen LogP) is 2.24. The van der Waals surface area contributed by atoms with E-state index in [1.54, 1.807) is 0 Å². The van der Waals surface area contributed by atoms with Gasteiger partial charge in [0.05, 0.1) is 19.3 Å². The first-order valence-electron chi connectivity index (χ1n) is 10.1. The third-order valence-corrected chi connectivity index (χ3v) is 5.16. The number of hydrogen-bond donors (Lipinski definition) is 3. The van der Waals surface area contributed by atoms with Gasteiger partial charge in [-0.05, 0) is 11.1 Å². The molecule has 1 unspecified atom stereocenters. The summed E-state index contributed by atoms with van der Waals surface area (Å²) < 4.78 is 5.46. The number of ether oxygens (including phenoxy) is 1. The van der Waals surface area contributed by atoms with Crippen LogP contribution in [0.3, 0.4) is 0 Å². The van der Waals surface area contributed by atoms with Crippen molar-refractivity contribution >= 4 is 5.91 Å². The Balaban J connectivity index is 1.66. The number of amides is 1. The molecule has 2 heterocycles. The summed E-state index contributed by atoms with van der Waals surface area (Å²) in [6, 6.07) is 18.6. The number of nitrogens with zero attached hydrogens (tertiary/aromatic N) is 3. The summed E-state index contributed by atoms with van der Waals surface area (Å²) in [5.74, 6) is -1.60. The van der Waals surface area contributed by atoms with Crippen molar-refractivity contribution in [3.8, 4) is 11.6 Å². The van der Waals surface area contributed by atoms with Gasteiger partial charge in [-0.2, -0.15) is 4.98 Å². The van der Waals surface area contributed by atoms with Crippen LogP contribution in [0.15, 0.2) is 60.7 Å². The highest BCUT2D eigenvalue weighted by Crippen LogP contribution is 2.32. The minimum atomic E-state index is -0.636. The first-order chi connectivity index (χ1) is 15.1. The van der Waals surface area contributed by atoms with Crippen LogP contribution in [0.4, 0.5) is 0 Å². The van der Waals surface area contributed by atoms with Crippen LogP contribution in [-0.4, -0.2) is 57.3 Å². The highest BCUT2D eigenvalue weighted by molar-refractivity contribution is 5.95. The molecule has 1 aliphatic heterocycles. The van der Waals surface area contributed by atoms with Crippen molar-refractivity contribution in [3.05, 3.63) is 83.3 Å². The van der Waals surface area contributed by atoms with E-state index in [2.05, 4.69) is 20.2 Å². The van der Waals surface area contributed by atoms with E-state index in [4.69, 9.17) is 4.74 Å². The Labute approximate surface area is 180 Å². The molecule has 8 nitrogen and oxygen atoms in total. The largest absolute Gasteiger partial charge is 0.501 e. The van der Waals surface area contributed by atoms with Gasteiger partial charge in [-0.1, -0.05) is 60.7 Å². The van der Waals surface area contributed by atoms with Crippen LogP contribution in [0.5, 0.6) is 11.6 Å². The second-order valence-corrected chi connectivity index (χ2v) is 7.23. The molecule has 2 aromatic carbocycles. The van der Waals surface area contributed by atoms with Crippen LogP contribution in [0.1, 0.15) is 33.5 Å². The van der Waals surface area contributed by atoms with Gasteiger partial charge in [-0.15, -0.1) is 0 Å². The summed E-state index contributed by atoms with van der Waals surface area (Å²) in [6.07, 6.45) is 0. The fourth-order valence-electron chi connectivity index (χ4n) is 3.60. The monoisotopic (exact) mass is 420 g/mol. The Morgan fingerprint density at radius 2 is 1.65 bits per heavy atom. The van der Waals surface area contributed by atoms with Crippen LogP contribution >= 0.6 is 0 Å². The van der Waals surface area contributed by atoms with Crippen LogP contribution in [-0.2, 0) is 11.3 Å². The summed E-state index contributed by atoms with van der Waals surface area (Å²) in [5, 5.41) is 23.3. The Morgan fingerprint density at radius 3 is 2.32 bits per heavy atom. The van der Waals surface area contributed by atoms with Gasteiger partial charge in [-0.3, -0.25) is 9.69 Å². The zero-order valence-corrected chi connectivity index (χ0v) is 16.9. The first-order valence-corrected chi connectivity index (χ1v) is 10.1. The normalized spacial score (nSPS) is 15.4. The number of rotatable bonds is 6. The van der Waals surface area contributed by atoms with E-state index >= 15 is 0 Å². The molecule has 1 aliphatic rings. The van der Waals surface area contributed by atoms with Crippen molar-refractivity contribution in [2.75, 3.05) is 26.3 Å². The quantitative estimate of drug-likeness (QED) is 0.561. The fourth-order valence-corrected chi connectivity index (χ4v) is 3.60. The average molecular weight is 420 g/mol. The molecule has 0 spiro atoms. The Morgan fingerprint density at radius 1 is 1.00 bits per heavy atom. The van der Waals surface area contributed by atoms with Gasteiger partial charge in [0.2, 0.25) is 5.75 Å². The van der Waals surface area contributed by atoms with Gasteiger partial charge in [0.25, 0.3) is 11.8 Å². The minimum absolute atomic E-state index is 0.244. The maximum atomic E-state index is 12.8. The zero-order valence-electron chi connectivity index (χ0n) is 16.9. The van der Waals surface area contributed by atoms with Gasteiger partial charge in [0, 0.05) is 19.6 Å². The third-order valence-electron chi connectivity index (χ3n) is 5.16. The van der Waals surface area contributed by atoms with Crippen molar-refractivity contribution in [1.82, 2.24) is 20.2 Å². The minimum Gasteiger partial charge on any atom is -0.501 e. The van der Waals surface area contributed by atoms with E-state index in [1.807, 2.05) is 60.7 Å². The van der Waals surface area contributed by atoms with E-state index in [9.17, 15) is 15.0 Å². The maximum absolute atomic E-state index is 12.8. The second kappa shape index (κ2) is 9.55. The molecule has 3 N–H and O–H groups in total. The third kappa shape index (κ3) is 4.82. The van der Waals surface area contributed by atoms with Gasteiger partial charge < -0.3 is 20.3 Å². The first kappa shape index (κ1) is 20.8. The highest BCUT2D eigenvalue weighted by atomic mass is 16.5. The lowest BCUT2D eigenvalue weighted by molar-refractivity contribution is 0.0222. The average Bonchev–Trinajstić information content (AvgIpc) is 2.82. The van der Waals surface area contributed by atoms with E-state index in [0.717, 1.165) is 11.1 Å². The van der Waals surface area contributed by atoms with Crippen molar-refractivity contribution < 1.29 is 19.7 Å². The predicted molar refractivity (Wildman–Crippen MR) is 114 cm³/mol. The molecule has 1 fully saturated rings. The Bertz CT molecular complexity index is 1020. The number of hydrogen-bond acceptors (Lipinski definition) is 7. The standard InChI is InChI=1S/C23H24N4O4/c28-20-18(22(29)24-15-16-7-3-1-4-8-16)25-21(26-23(20)30)19(17-9-5-2-6-10-17)27-11-13-31-14-12-27/h1-10,19,28H,11-15H2,(H,24,29)(H,25,26,30). The van der Waals surface area contributed by atoms with E-state index in [1.165, 1.54) is 0 Å². The van der Waals surface area contributed by atoms with Crippen LogP contribution in [0.25, 0.3) is 0 Å². The maximum Gasteiger partial charge on any atom is 0.274 e. The van der Waals surface area contributed by atoms with Crippen molar-refractivity contribution in [2.24, 2.45) is 0 Å². The van der Waals surface area contributed by atoms with Gasteiger partial charge in [0.1, 0.15) is 0 Å². The number of carbonyl (C=O) groups excluding carboxylic acids is 1. The second-order valence-electron chi connectivity index (χ2n) is 7.23. The molecule has 1 atom stereocenters. The van der Waals surface area contributed by atoms with Crippen LogP contribution < -0.4 is 5.32 Å². The van der Waals surface area contributed by atoms with Gasteiger partial charge in [0.15, 0.2) is 11.5 Å². The summed E-state index contributed by atoms with van der Waals surface area (Å²) in [7, 11) is 0. The molecule has 0 bridgehead atoms. The molecule has 0 aliphatic carbocycles. The molecule has 1 amide bonds. The van der Waals surface area contributed by atoms with Gasteiger partial charge >= 0.3 is 0 Å². The van der Waals surface area contributed by atoms with Crippen LogP contribution in [0, 0.1) is 0 Å². The number of nitrogens with one attached hydrogen (secondary N) is 1. The molecule has 0 saturated carbocycles. The SMILES string of the molecule is O=C(NCc1ccccc1)c1nc(C(c2ccccc2)N2CCOCC2)nc(O)c1O. The lowest BCUT2D eigenvalue weighted by Crippen LogP contribution is -2.40. The van der Waals surface area contributed by atoms with Crippen molar-refractivity contribution in [3.63, 3.8) is 0 Å². The van der Waals surface area contributed by atoms with Crippen molar-refractivity contribution in [2.45, 2.75) is 12.6 Å². The fraction of sp³-hybridized carbons (Fsp3) is 0.261. The topological polar surface area (TPSA) is 108 Å². The summed E-state index contributed by atoms with van der Waals surface area (Å²) in [5.41, 5.74) is 1.57. The molecule has 31 heavy (non-hydrogen) atoms.